The number of carbonyl (C=O) groups excluding carboxylic acids is 1. The predicted molar refractivity (Wildman–Crippen MR) is 96.6 cm³/mol. The minimum absolute atomic E-state index is 0. The van der Waals surface area contributed by atoms with Crippen LogP contribution >= 0.6 is 35.6 Å². The van der Waals surface area contributed by atoms with Crippen LogP contribution in [0.4, 0.5) is 0 Å². The third-order valence-electron chi connectivity index (χ3n) is 3.85. The molecule has 1 saturated heterocycles. The lowest BCUT2D eigenvalue weighted by Gasteiger charge is -2.32. The Morgan fingerprint density at radius 1 is 1.30 bits per heavy atom. The van der Waals surface area contributed by atoms with Crippen molar-refractivity contribution in [2.45, 2.75) is 32.0 Å². The zero-order chi connectivity index (χ0) is 15.9. The lowest BCUT2D eigenvalue weighted by atomic mass is 10.1. The van der Waals surface area contributed by atoms with Gasteiger partial charge in [0.15, 0.2) is 0 Å². The molecular formula is C16H23Cl3N2O2. The predicted octanol–water partition coefficient (Wildman–Crippen LogP) is 3.53. The molecule has 0 unspecified atom stereocenters. The molecule has 1 fully saturated rings. The molecular weight excluding hydrogens is 359 g/mol. The fraction of sp³-hybridized carbons (Fsp3) is 0.562. The summed E-state index contributed by atoms with van der Waals surface area (Å²) < 4.78 is 5.92. The average molecular weight is 382 g/mol. The van der Waals surface area contributed by atoms with E-state index in [1.165, 1.54) is 0 Å². The Balaban J connectivity index is 0.00000264. The highest BCUT2D eigenvalue weighted by Crippen LogP contribution is 2.24. The molecule has 0 atom stereocenters. The smallest absolute Gasteiger partial charge is 0.223 e. The van der Waals surface area contributed by atoms with E-state index in [1.807, 2.05) is 24.1 Å². The molecule has 0 spiro atoms. The van der Waals surface area contributed by atoms with Gasteiger partial charge in [0, 0.05) is 26.1 Å². The molecule has 7 heteroatoms. The molecule has 1 heterocycles. The summed E-state index contributed by atoms with van der Waals surface area (Å²) in [5.74, 6) is 0.220. The van der Waals surface area contributed by atoms with Gasteiger partial charge in [-0.15, -0.1) is 12.4 Å². The van der Waals surface area contributed by atoms with E-state index in [2.05, 4.69) is 5.32 Å². The fourth-order valence-electron chi connectivity index (χ4n) is 2.51. The Bertz CT molecular complexity index is 506. The molecule has 0 aliphatic carbocycles. The van der Waals surface area contributed by atoms with Crippen molar-refractivity contribution in [2.24, 2.45) is 0 Å². The largest absolute Gasteiger partial charge is 0.373 e. The second-order valence-corrected chi connectivity index (χ2v) is 6.31. The van der Waals surface area contributed by atoms with Crippen molar-refractivity contribution in [3.63, 3.8) is 0 Å². The minimum atomic E-state index is 0. The molecule has 0 saturated carbocycles. The number of rotatable bonds is 6. The zero-order valence-corrected chi connectivity index (χ0v) is 15.5. The van der Waals surface area contributed by atoms with Crippen LogP contribution in [0.1, 0.15) is 24.8 Å². The number of nitrogens with zero attached hydrogens (tertiary/aromatic N) is 1. The van der Waals surface area contributed by atoms with E-state index < -0.39 is 0 Å². The van der Waals surface area contributed by atoms with Crippen molar-refractivity contribution < 1.29 is 9.53 Å². The summed E-state index contributed by atoms with van der Waals surface area (Å²) in [6.07, 6.45) is 2.52. The van der Waals surface area contributed by atoms with Gasteiger partial charge in [0.1, 0.15) is 0 Å². The molecule has 1 N–H and O–H groups in total. The number of amides is 1. The first-order valence-electron chi connectivity index (χ1n) is 7.58. The van der Waals surface area contributed by atoms with Crippen LogP contribution in [0.15, 0.2) is 18.2 Å². The van der Waals surface area contributed by atoms with E-state index in [9.17, 15) is 4.79 Å². The van der Waals surface area contributed by atoms with Gasteiger partial charge in [0.25, 0.3) is 0 Å². The van der Waals surface area contributed by atoms with Gasteiger partial charge in [-0.25, -0.2) is 0 Å². The first kappa shape index (κ1) is 20.5. The third-order valence-corrected chi connectivity index (χ3v) is 4.59. The maximum Gasteiger partial charge on any atom is 0.223 e. The molecule has 130 valence electrons. The van der Waals surface area contributed by atoms with E-state index in [0.717, 1.165) is 38.0 Å². The van der Waals surface area contributed by atoms with Gasteiger partial charge in [0.2, 0.25) is 5.91 Å². The number of halogens is 3. The number of ether oxygens (including phenoxy) is 1. The second kappa shape index (κ2) is 10.4. The molecule has 0 bridgehead atoms. The van der Waals surface area contributed by atoms with Gasteiger partial charge in [0.05, 0.1) is 22.8 Å². The molecule has 0 aromatic heterocycles. The van der Waals surface area contributed by atoms with Crippen molar-refractivity contribution in [3.8, 4) is 0 Å². The van der Waals surface area contributed by atoms with E-state index in [4.69, 9.17) is 27.9 Å². The highest BCUT2D eigenvalue weighted by Gasteiger charge is 2.22. The molecule has 1 amide bonds. The number of hydrogen-bond donors (Lipinski definition) is 1. The Hall–Kier alpha value is -0.520. The number of likely N-dealkylation sites (tertiary alicyclic amines) is 1. The summed E-state index contributed by atoms with van der Waals surface area (Å²) in [5.41, 5.74) is 1.02. The number of hydrogen-bond acceptors (Lipinski definition) is 3. The standard InChI is InChI=1S/C16H22Cl2N2O2.ClH/c1-19-7-4-16(21)20-8-5-13(6-9-20)22-11-12-2-3-14(17)15(18)10-12;/h2-3,10,13,19H,4-9,11H2,1H3;1H. The Kier molecular flexibility index (Phi) is 9.25. The Morgan fingerprint density at radius 2 is 2.00 bits per heavy atom. The molecule has 1 aromatic carbocycles. The molecule has 2 rings (SSSR count). The SMILES string of the molecule is CNCCC(=O)N1CCC(OCc2ccc(Cl)c(Cl)c2)CC1.Cl. The monoisotopic (exact) mass is 380 g/mol. The van der Waals surface area contributed by atoms with E-state index in [1.54, 1.807) is 6.07 Å². The van der Waals surface area contributed by atoms with Gasteiger partial charge in [-0.3, -0.25) is 4.79 Å². The second-order valence-electron chi connectivity index (χ2n) is 5.49. The lowest BCUT2D eigenvalue weighted by molar-refractivity contribution is -0.133. The molecule has 23 heavy (non-hydrogen) atoms. The molecule has 4 nitrogen and oxygen atoms in total. The zero-order valence-electron chi connectivity index (χ0n) is 13.2. The van der Waals surface area contributed by atoms with Crippen LogP contribution in [0.25, 0.3) is 0 Å². The van der Waals surface area contributed by atoms with Crippen molar-refractivity contribution in [3.05, 3.63) is 33.8 Å². The van der Waals surface area contributed by atoms with E-state index in [-0.39, 0.29) is 24.4 Å². The molecule has 0 radical (unpaired) electrons. The first-order chi connectivity index (χ1) is 10.6. The minimum Gasteiger partial charge on any atom is -0.373 e. The van der Waals surface area contributed by atoms with Gasteiger partial charge >= 0.3 is 0 Å². The van der Waals surface area contributed by atoms with Crippen molar-refractivity contribution in [2.75, 3.05) is 26.7 Å². The van der Waals surface area contributed by atoms with Crippen molar-refractivity contribution >= 4 is 41.5 Å². The quantitative estimate of drug-likeness (QED) is 0.819. The van der Waals surface area contributed by atoms with Gasteiger partial charge in [-0.05, 0) is 37.6 Å². The molecule has 1 aliphatic rings. The number of nitrogens with one attached hydrogen (secondary N) is 1. The molecule has 1 aliphatic heterocycles. The summed E-state index contributed by atoms with van der Waals surface area (Å²) >= 11 is 11.9. The van der Waals surface area contributed by atoms with Crippen LogP contribution in [-0.4, -0.2) is 43.6 Å². The normalized spacial score (nSPS) is 15.3. The van der Waals surface area contributed by atoms with Crippen LogP contribution in [0.5, 0.6) is 0 Å². The van der Waals surface area contributed by atoms with Gasteiger partial charge in [-0.1, -0.05) is 29.3 Å². The van der Waals surface area contributed by atoms with Gasteiger partial charge in [-0.2, -0.15) is 0 Å². The van der Waals surface area contributed by atoms with Crippen LogP contribution in [0.3, 0.4) is 0 Å². The van der Waals surface area contributed by atoms with E-state index in [0.29, 0.717) is 23.1 Å². The highest BCUT2D eigenvalue weighted by molar-refractivity contribution is 6.42. The summed E-state index contributed by atoms with van der Waals surface area (Å²) in [5, 5.41) is 4.10. The Morgan fingerprint density at radius 3 is 2.61 bits per heavy atom. The number of piperidine rings is 1. The van der Waals surface area contributed by atoms with Crippen molar-refractivity contribution in [1.29, 1.82) is 0 Å². The van der Waals surface area contributed by atoms with Crippen LogP contribution in [-0.2, 0) is 16.1 Å². The maximum absolute atomic E-state index is 11.9. The van der Waals surface area contributed by atoms with Crippen LogP contribution in [0, 0.1) is 0 Å². The fourth-order valence-corrected chi connectivity index (χ4v) is 2.83. The Labute approximate surface area is 153 Å². The third kappa shape index (κ3) is 6.48. The van der Waals surface area contributed by atoms with Gasteiger partial charge < -0.3 is 15.0 Å². The summed E-state index contributed by atoms with van der Waals surface area (Å²) in [4.78, 5) is 13.9. The summed E-state index contributed by atoms with van der Waals surface area (Å²) in [6.45, 7) is 2.80. The molecule has 1 aromatic rings. The topological polar surface area (TPSA) is 41.6 Å². The van der Waals surface area contributed by atoms with E-state index >= 15 is 0 Å². The highest BCUT2D eigenvalue weighted by atomic mass is 35.5. The maximum atomic E-state index is 11.9. The van der Waals surface area contributed by atoms with Crippen molar-refractivity contribution in [1.82, 2.24) is 10.2 Å². The van der Waals surface area contributed by atoms with Crippen LogP contribution in [0.2, 0.25) is 10.0 Å². The number of carbonyl (C=O) groups is 1. The lowest BCUT2D eigenvalue weighted by Crippen LogP contribution is -2.41. The summed E-state index contributed by atoms with van der Waals surface area (Å²) in [7, 11) is 1.86. The average Bonchev–Trinajstić information content (AvgIpc) is 2.54. The van der Waals surface area contributed by atoms with Crippen LogP contribution < -0.4 is 5.32 Å². The number of benzene rings is 1. The summed E-state index contributed by atoms with van der Waals surface area (Å²) in [6, 6.07) is 5.54. The first-order valence-corrected chi connectivity index (χ1v) is 8.33.